The number of aliphatic imine (C=N–C) groups is 1. The largest absolute Gasteiger partial charge is 0.386 e. The number of nitrogens with one attached hydrogen (secondary N) is 3. The van der Waals surface area contributed by atoms with Crippen LogP contribution in [0, 0.1) is 0 Å². The maximum Gasteiger partial charge on any atom is 0.386 e. The molecule has 8 rings (SSSR count). The molecule has 0 spiro atoms. The number of allylic oxidation sites excluding steroid dienone is 6. The van der Waals surface area contributed by atoms with Gasteiger partial charge in [-0.1, -0.05) is 18.2 Å². The lowest BCUT2D eigenvalue weighted by Crippen LogP contribution is -2.46. The molecule has 0 saturated carbocycles. The minimum Gasteiger partial charge on any atom is -0.358 e. The van der Waals surface area contributed by atoms with E-state index in [1.165, 1.54) is 0 Å². The van der Waals surface area contributed by atoms with Crippen LogP contribution in [0.1, 0.15) is 11.1 Å². The summed E-state index contributed by atoms with van der Waals surface area (Å²) in [5, 5.41) is 7.78. The number of fused-ring (bicyclic) bond motifs is 11. The van der Waals surface area contributed by atoms with E-state index >= 15 is 0 Å². The quantitative estimate of drug-likeness (QED) is 0.355. The fraction of sp³-hybridized carbons (Fsp3) is 0.0400. The van der Waals surface area contributed by atoms with Crippen LogP contribution in [0.5, 0.6) is 0 Å². The summed E-state index contributed by atoms with van der Waals surface area (Å²) >= 11 is 0. The zero-order valence-electron chi connectivity index (χ0n) is 18.7. The SMILES string of the molecule is CB1n2c3c4c(c2N=c2[nH]c(c5c2=CC=CC=N5)N=c2c5c(c(n21)=N3)NC=CC=C5)NC=CC=C4. The molecule has 0 amide bonds. The topological polar surface area (TPSA) is 99.2 Å². The third kappa shape index (κ3) is 2.37. The first-order chi connectivity index (χ1) is 17.3. The third-order valence-corrected chi connectivity index (χ3v) is 6.81. The Balaban J connectivity index is 1.65. The molecule has 35 heavy (non-hydrogen) atoms. The van der Waals surface area contributed by atoms with Crippen molar-refractivity contribution >= 4 is 65.9 Å². The van der Waals surface area contributed by atoms with Crippen LogP contribution in [-0.2, 0) is 0 Å². The molecule has 3 aromatic rings. The van der Waals surface area contributed by atoms with E-state index in [4.69, 9.17) is 20.0 Å². The lowest BCUT2D eigenvalue weighted by atomic mass is 9.78. The Bertz CT molecular complexity index is 1920. The van der Waals surface area contributed by atoms with Gasteiger partial charge in [-0.25, -0.2) is 15.0 Å². The van der Waals surface area contributed by atoms with Crippen LogP contribution >= 0.6 is 0 Å². The molecule has 9 nitrogen and oxygen atoms in total. The highest BCUT2D eigenvalue weighted by atomic mass is 15.3. The Morgan fingerprint density at radius 1 is 0.771 bits per heavy atom. The highest BCUT2D eigenvalue weighted by molar-refractivity contribution is 6.55. The summed E-state index contributed by atoms with van der Waals surface area (Å²) in [5.74, 6) is 2.33. The standard InChI is InChI=1S/C25H18BN9/c1-26-34-22-15-9-3-6-13-29-19(15)25(34)33-23-16-10-4-7-12-28-18(16)24(35(23)26)31-20-14-8-2-5-11-27-17(14)21(30-20)32-22/h2-13,28-29H,1H3,(H,30,31,32). The van der Waals surface area contributed by atoms with E-state index in [1.54, 1.807) is 6.21 Å². The number of hydrogen-bond acceptors (Lipinski definition) is 6. The number of anilines is 2. The van der Waals surface area contributed by atoms with Crippen LogP contribution in [-0.4, -0.2) is 27.1 Å². The van der Waals surface area contributed by atoms with E-state index in [9.17, 15) is 0 Å². The summed E-state index contributed by atoms with van der Waals surface area (Å²) in [4.78, 5) is 23.7. The first kappa shape index (κ1) is 18.6. The molecule has 0 atom stereocenters. The second kappa shape index (κ2) is 6.60. The number of aromatic nitrogens is 3. The molecule has 0 aromatic carbocycles. The fourth-order valence-electron chi connectivity index (χ4n) is 5.28. The van der Waals surface area contributed by atoms with E-state index < -0.39 is 0 Å². The average molecular weight is 455 g/mol. The van der Waals surface area contributed by atoms with Gasteiger partial charge in [-0.3, -0.25) is 4.99 Å². The van der Waals surface area contributed by atoms with Crippen LogP contribution in [0.3, 0.4) is 0 Å². The van der Waals surface area contributed by atoms with Crippen LogP contribution in [0.15, 0.2) is 68.8 Å². The molecule has 3 N–H and O–H groups in total. The molecule has 10 heteroatoms. The maximum absolute atomic E-state index is 5.20. The lowest BCUT2D eigenvalue weighted by Gasteiger charge is -2.20. The first-order valence-electron chi connectivity index (χ1n) is 11.5. The Morgan fingerprint density at radius 3 is 2.49 bits per heavy atom. The number of rotatable bonds is 0. The number of H-pyrrole nitrogens is 1. The van der Waals surface area contributed by atoms with E-state index in [1.807, 2.05) is 54.9 Å². The predicted molar refractivity (Wildman–Crippen MR) is 139 cm³/mol. The number of nitrogens with zero attached hydrogens (tertiary/aromatic N) is 6. The van der Waals surface area contributed by atoms with Gasteiger partial charge in [-0.15, -0.1) is 0 Å². The van der Waals surface area contributed by atoms with E-state index in [0.717, 1.165) is 56.0 Å². The second-order valence-corrected chi connectivity index (χ2v) is 8.72. The second-order valence-electron chi connectivity index (χ2n) is 8.72. The molecule has 0 radical (unpaired) electrons. The van der Waals surface area contributed by atoms with Crippen molar-refractivity contribution in [2.75, 3.05) is 10.6 Å². The van der Waals surface area contributed by atoms with Gasteiger partial charge in [0.2, 0.25) is 0 Å². The number of hydrogen-bond donors (Lipinski definition) is 3. The smallest absolute Gasteiger partial charge is 0.358 e. The number of aromatic amines is 1. The van der Waals surface area contributed by atoms with Gasteiger partial charge < -0.3 is 24.6 Å². The Kier molecular flexibility index (Phi) is 3.50. The molecule has 0 saturated heterocycles. The Labute approximate surface area is 199 Å². The maximum atomic E-state index is 5.20. The van der Waals surface area contributed by atoms with Gasteiger partial charge in [0.15, 0.2) is 17.1 Å². The van der Waals surface area contributed by atoms with Crippen molar-refractivity contribution in [3.05, 3.63) is 81.7 Å². The molecule has 5 aliphatic rings. The molecule has 5 aliphatic heterocycles. The summed E-state index contributed by atoms with van der Waals surface area (Å²) in [6.45, 7) is 2.05. The highest BCUT2D eigenvalue weighted by Crippen LogP contribution is 2.43. The van der Waals surface area contributed by atoms with Gasteiger partial charge in [0.25, 0.3) is 0 Å². The van der Waals surface area contributed by atoms with E-state index in [2.05, 4.69) is 43.5 Å². The lowest BCUT2D eigenvalue weighted by molar-refractivity contribution is 0.897. The van der Waals surface area contributed by atoms with Crippen molar-refractivity contribution in [1.29, 1.82) is 0 Å². The molecule has 4 bridgehead atoms. The van der Waals surface area contributed by atoms with Crippen molar-refractivity contribution in [3.63, 3.8) is 0 Å². The first-order valence-corrected chi connectivity index (χ1v) is 11.5. The summed E-state index contributed by atoms with van der Waals surface area (Å²) < 4.78 is 4.35. The molecule has 166 valence electrons. The Hall–Kier alpha value is -4.86. The summed E-state index contributed by atoms with van der Waals surface area (Å²) in [6, 6.07) is 0. The van der Waals surface area contributed by atoms with Crippen molar-refractivity contribution in [2.24, 2.45) is 20.0 Å². The van der Waals surface area contributed by atoms with Crippen LogP contribution in [0.25, 0.3) is 18.2 Å². The molecular weight excluding hydrogens is 437 g/mol. The summed E-state index contributed by atoms with van der Waals surface area (Å²) in [6.07, 6.45) is 23.7. The highest BCUT2D eigenvalue weighted by Gasteiger charge is 2.35. The van der Waals surface area contributed by atoms with Crippen molar-refractivity contribution in [1.82, 2.24) is 13.9 Å². The average Bonchev–Trinajstić information content (AvgIpc) is 3.17. The van der Waals surface area contributed by atoms with Gasteiger partial charge >= 0.3 is 6.98 Å². The van der Waals surface area contributed by atoms with Gasteiger partial charge in [0, 0.05) is 35.0 Å². The van der Waals surface area contributed by atoms with E-state index in [-0.39, 0.29) is 6.98 Å². The fourth-order valence-corrected chi connectivity index (χ4v) is 5.28. The van der Waals surface area contributed by atoms with Crippen LogP contribution in [0.4, 0.5) is 34.5 Å². The monoisotopic (exact) mass is 455 g/mol. The third-order valence-electron chi connectivity index (χ3n) is 6.81. The molecule has 3 aromatic heterocycles. The zero-order chi connectivity index (χ0) is 23.1. The van der Waals surface area contributed by atoms with Gasteiger partial charge in [0.05, 0.1) is 11.4 Å². The zero-order valence-corrected chi connectivity index (χ0v) is 18.7. The Morgan fingerprint density at radius 2 is 1.60 bits per heavy atom. The van der Waals surface area contributed by atoms with Crippen molar-refractivity contribution < 1.29 is 0 Å². The molecular formula is C25H18BN9. The molecule has 0 aliphatic carbocycles. The van der Waals surface area contributed by atoms with Crippen LogP contribution in [0.2, 0.25) is 6.82 Å². The normalized spacial score (nSPS) is 16.8. The summed E-state index contributed by atoms with van der Waals surface area (Å²) in [5.41, 5.74) is 6.96. The van der Waals surface area contributed by atoms with Crippen molar-refractivity contribution in [2.45, 2.75) is 6.82 Å². The minimum atomic E-state index is -0.113. The molecule has 8 heterocycles. The molecule has 0 fully saturated rings. The predicted octanol–water partition coefficient (Wildman–Crippen LogP) is 2.57. The van der Waals surface area contributed by atoms with Gasteiger partial charge in [-0.05, 0) is 43.3 Å². The van der Waals surface area contributed by atoms with Crippen LogP contribution < -0.4 is 32.3 Å². The molecule has 0 unspecified atom stereocenters. The van der Waals surface area contributed by atoms with Gasteiger partial charge in [0.1, 0.15) is 22.5 Å². The van der Waals surface area contributed by atoms with Gasteiger partial charge in [-0.2, -0.15) is 0 Å². The summed E-state index contributed by atoms with van der Waals surface area (Å²) in [7, 11) is 0. The van der Waals surface area contributed by atoms with Crippen molar-refractivity contribution in [3.8, 4) is 0 Å². The van der Waals surface area contributed by atoms with E-state index in [0.29, 0.717) is 11.3 Å². The minimum absolute atomic E-state index is 0.113.